The van der Waals surface area contributed by atoms with Crippen LogP contribution >= 0.6 is 11.3 Å². The summed E-state index contributed by atoms with van der Waals surface area (Å²) < 4.78 is 1.88. The molecule has 2 heterocycles. The Morgan fingerprint density at radius 2 is 2.33 bits per heavy atom. The number of carbonyl (C=O) groups is 1. The summed E-state index contributed by atoms with van der Waals surface area (Å²) in [6, 6.07) is 0. The van der Waals surface area contributed by atoms with Crippen molar-refractivity contribution in [1.29, 1.82) is 0 Å². The number of hydrogen-bond donors (Lipinski definition) is 0. The van der Waals surface area contributed by atoms with E-state index in [1.54, 1.807) is 11.3 Å². The lowest BCUT2D eigenvalue weighted by Crippen LogP contribution is -1.91. The summed E-state index contributed by atoms with van der Waals surface area (Å²) in [6.07, 6.45) is 0.791. The van der Waals surface area contributed by atoms with Crippen LogP contribution in [0, 0.1) is 13.8 Å². The molecule has 0 fully saturated rings. The maximum Gasteiger partial charge on any atom is 0.185 e. The van der Waals surface area contributed by atoms with Gasteiger partial charge in [-0.2, -0.15) is 0 Å². The van der Waals surface area contributed by atoms with Gasteiger partial charge < -0.3 is 0 Å². The van der Waals surface area contributed by atoms with Crippen LogP contribution in [0.3, 0.4) is 0 Å². The second-order valence-corrected chi connectivity index (χ2v) is 3.55. The summed E-state index contributed by atoms with van der Waals surface area (Å²) in [5.74, 6) is 0.501. The van der Waals surface area contributed by atoms with Gasteiger partial charge >= 0.3 is 0 Å². The molecule has 0 amide bonds. The van der Waals surface area contributed by atoms with Gasteiger partial charge in [-0.25, -0.2) is 4.98 Å². The van der Waals surface area contributed by atoms with Crippen molar-refractivity contribution in [2.45, 2.75) is 13.8 Å². The van der Waals surface area contributed by atoms with E-state index in [0.29, 0.717) is 5.82 Å². The number of carbonyl (C=O) groups excluding carboxylic acids is 1. The van der Waals surface area contributed by atoms with Crippen molar-refractivity contribution in [2.75, 3.05) is 0 Å². The Balaban J connectivity index is 2.94. The van der Waals surface area contributed by atoms with Crippen molar-refractivity contribution >= 4 is 22.5 Å². The molecule has 2 rings (SSSR count). The molecule has 2 aromatic heterocycles. The highest BCUT2D eigenvalue weighted by atomic mass is 32.1. The number of rotatable bonds is 1. The summed E-state index contributed by atoms with van der Waals surface area (Å²) in [4.78, 5) is 15.8. The van der Waals surface area contributed by atoms with Crippen LogP contribution in [0.2, 0.25) is 0 Å². The molecule has 0 spiro atoms. The van der Waals surface area contributed by atoms with E-state index in [-0.39, 0.29) is 0 Å². The smallest absolute Gasteiger partial charge is 0.185 e. The molecule has 0 aliphatic carbocycles. The topological polar surface area (TPSA) is 34.4 Å². The van der Waals surface area contributed by atoms with Gasteiger partial charge in [0.1, 0.15) is 4.83 Å². The SMILES string of the molecule is Cc1nc(C=O)n2c(C)csc12. The Morgan fingerprint density at radius 3 is 3.00 bits per heavy atom. The fourth-order valence-corrected chi connectivity index (χ4v) is 2.23. The lowest BCUT2D eigenvalue weighted by Gasteiger charge is -1.88. The van der Waals surface area contributed by atoms with Crippen LogP contribution in [0.15, 0.2) is 5.38 Å². The van der Waals surface area contributed by atoms with Gasteiger partial charge in [-0.05, 0) is 13.8 Å². The molecule has 0 radical (unpaired) electrons. The molecule has 0 N–H and O–H groups in total. The summed E-state index contributed by atoms with van der Waals surface area (Å²) >= 11 is 1.62. The minimum absolute atomic E-state index is 0.501. The Hall–Kier alpha value is -1.16. The summed E-state index contributed by atoms with van der Waals surface area (Å²) in [5, 5.41) is 2.02. The second kappa shape index (κ2) is 2.42. The highest BCUT2D eigenvalue weighted by molar-refractivity contribution is 7.15. The summed E-state index contributed by atoms with van der Waals surface area (Å²) in [6.45, 7) is 3.88. The van der Waals surface area contributed by atoms with Crippen molar-refractivity contribution in [3.05, 3.63) is 22.6 Å². The van der Waals surface area contributed by atoms with E-state index in [9.17, 15) is 4.79 Å². The van der Waals surface area contributed by atoms with Crippen LogP contribution in [0.5, 0.6) is 0 Å². The van der Waals surface area contributed by atoms with Crippen LogP contribution in [0.25, 0.3) is 4.83 Å². The number of aryl methyl sites for hydroxylation is 2. The molecule has 0 aromatic carbocycles. The van der Waals surface area contributed by atoms with Gasteiger partial charge in [0, 0.05) is 11.1 Å². The molecule has 12 heavy (non-hydrogen) atoms. The molecule has 0 saturated carbocycles. The van der Waals surface area contributed by atoms with Crippen molar-refractivity contribution in [3.8, 4) is 0 Å². The van der Waals surface area contributed by atoms with Gasteiger partial charge in [0.15, 0.2) is 12.1 Å². The predicted octanol–water partition coefficient (Wildman–Crippen LogP) is 1.83. The number of thiazole rings is 1. The van der Waals surface area contributed by atoms with E-state index < -0.39 is 0 Å². The number of hydrogen-bond acceptors (Lipinski definition) is 3. The first-order chi connectivity index (χ1) is 5.74. The van der Waals surface area contributed by atoms with Gasteiger partial charge in [-0.15, -0.1) is 11.3 Å². The number of fused-ring (bicyclic) bond motifs is 1. The molecule has 0 saturated heterocycles. The van der Waals surface area contributed by atoms with Crippen molar-refractivity contribution in [3.63, 3.8) is 0 Å². The Bertz CT molecular complexity index is 441. The number of nitrogens with zero attached hydrogens (tertiary/aromatic N) is 2. The highest BCUT2D eigenvalue weighted by Crippen LogP contribution is 2.20. The van der Waals surface area contributed by atoms with Crippen LogP contribution in [-0.4, -0.2) is 15.7 Å². The second-order valence-electron chi connectivity index (χ2n) is 2.69. The minimum Gasteiger partial charge on any atom is -0.294 e. The maximum atomic E-state index is 10.6. The fourth-order valence-electron chi connectivity index (χ4n) is 1.29. The first-order valence-electron chi connectivity index (χ1n) is 3.62. The largest absolute Gasteiger partial charge is 0.294 e. The third-order valence-corrected chi connectivity index (χ3v) is 2.98. The van der Waals surface area contributed by atoms with Crippen molar-refractivity contribution < 1.29 is 4.79 Å². The third kappa shape index (κ3) is 0.814. The van der Waals surface area contributed by atoms with Crippen molar-refractivity contribution in [2.24, 2.45) is 0 Å². The van der Waals surface area contributed by atoms with Crippen LogP contribution in [-0.2, 0) is 0 Å². The van der Waals surface area contributed by atoms with E-state index in [1.165, 1.54) is 0 Å². The van der Waals surface area contributed by atoms with Gasteiger partial charge in [0.05, 0.1) is 5.69 Å². The van der Waals surface area contributed by atoms with E-state index in [2.05, 4.69) is 4.98 Å². The molecule has 4 heteroatoms. The Labute approximate surface area is 73.7 Å². The first-order valence-corrected chi connectivity index (χ1v) is 4.50. The minimum atomic E-state index is 0.501. The third-order valence-electron chi connectivity index (χ3n) is 1.82. The molecule has 2 aromatic rings. The van der Waals surface area contributed by atoms with Crippen LogP contribution < -0.4 is 0 Å². The van der Waals surface area contributed by atoms with Gasteiger partial charge in [-0.1, -0.05) is 0 Å². The van der Waals surface area contributed by atoms with Gasteiger partial charge in [-0.3, -0.25) is 9.20 Å². The molecule has 0 unspecified atom stereocenters. The zero-order valence-electron chi connectivity index (χ0n) is 6.87. The van der Waals surface area contributed by atoms with E-state index >= 15 is 0 Å². The van der Waals surface area contributed by atoms with E-state index in [0.717, 1.165) is 22.5 Å². The molecule has 0 aliphatic rings. The van der Waals surface area contributed by atoms with Crippen molar-refractivity contribution in [1.82, 2.24) is 9.38 Å². The summed E-state index contributed by atoms with van der Waals surface area (Å²) in [5.41, 5.74) is 1.99. The lowest BCUT2D eigenvalue weighted by atomic mass is 10.5. The predicted molar refractivity (Wildman–Crippen MR) is 47.9 cm³/mol. The van der Waals surface area contributed by atoms with Gasteiger partial charge in [0.2, 0.25) is 0 Å². The quantitative estimate of drug-likeness (QED) is 0.627. The molecule has 3 nitrogen and oxygen atoms in total. The average Bonchev–Trinajstić information content (AvgIpc) is 2.56. The molecule has 0 aliphatic heterocycles. The van der Waals surface area contributed by atoms with Gasteiger partial charge in [0.25, 0.3) is 0 Å². The Morgan fingerprint density at radius 1 is 1.58 bits per heavy atom. The molecular formula is C8H8N2OS. The highest BCUT2D eigenvalue weighted by Gasteiger charge is 2.09. The Kier molecular flexibility index (Phi) is 1.51. The zero-order chi connectivity index (χ0) is 8.72. The number of aromatic nitrogens is 2. The van der Waals surface area contributed by atoms with Crippen LogP contribution in [0.4, 0.5) is 0 Å². The monoisotopic (exact) mass is 180 g/mol. The molecular weight excluding hydrogens is 172 g/mol. The standard InChI is InChI=1S/C8H8N2OS/c1-5-4-12-8-6(2)9-7(3-11)10(5)8/h3-4H,1-2H3. The lowest BCUT2D eigenvalue weighted by molar-refractivity contribution is 0.111. The molecule has 0 atom stereocenters. The maximum absolute atomic E-state index is 10.6. The molecule has 62 valence electrons. The fraction of sp³-hybridized carbons (Fsp3) is 0.250. The molecule has 0 bridgehead atoms. The van der Waals surface area contributed by atoms with E-state index in [1.807, 2.05) is 23.6 Å². The van der Waals surface area contributed by atoms with Crippen LogP contribution in [0.1, 0.15) is 22.0 Å². The number of imidazole rings is 1. The first kappa shape index (κ1) is 7.49. The number of aldehydes is 1. The average molecular weight is 180 g/mol. The van der Waals surface area contributed by atoms with E-state index in [4.69, 9.17) is 0 Å². The zero-order valence-corrected chi connectivity index (χ0v) is 7.68. The normalized spacial score (nSPS) is 10.8. The summed E-state index contributed by atoms with van der Waals surface area (Å²) in [7, 11) is 0.